The summed E-state index contributed by atoms with van der Waals surface area (Å²) in [5.41, 5.74) is 7.37. The zero-order valence-electron chi connectivity index (χ0n) is 14.7. The summed E-state index contributed by atoms with van der Waals surface area (Å²) in [6, 6.07) is 7.93. The van der Waals surface area contributed by atoms with E-state index in [1.165, 1.54) is 0 Å². The van der Waals surface area contributed by atoms with E-state index < -0.39 is 0 Å². The molecule has 7 heteroatoms. The molecule has 0 unspecified atom stereocenters. The number of ether oxygens (including phenoxy) is 1. The van der Waals surface area contributed by atoms with Gasteiger partial charge in [-0.2, -0.15) is 0 Å². The van der Waals surface area contributed by atoms with Gasteiger partial charge < -0.3 is 19.9 Å². The molecule has 1 fully saturated rings. The largest absolute Gasteiger partial charge is 0.490 e. The van der Waals surface area contributed by atoms with Gasteiger partial charge in [-0.25, -0.2) is 4.98 Å². The van der Waals surface area contributed by atoms with Gasteiger partial charge in [-0.1, -0.05) is 6.07 Å². The summed E-state index contributed by atoms with van der Waals surface area (Å²) >= 11 is 1.70. The van der Waals surface area contributed by atoms with E-state index in [0.29, 0.717) is 0 Å². The van der Waals surface area contributed by atoms with E-state index in [4.69, 9.17) is 10.5 Å². The van der Waals surface area contributed by atoms with E-state index >= 15 is 0 Å². The second-order valence-electron chi connectivity index (χ2n) is 6.67. The molecule has 3 heterocycles. The second kappa shape index (κ2) is 6.99. The Bertz CT molecular complexity index is 925. The summed E-state index contributed by atoms with van der Waals surface area (Å²) in [6.07, 6.45) is 4.02. The van der Waals surface area contributed by atoms with E-state index in [-0.39, 0.29) is 18.6 Å². The molecular weight excluding hydrogens is 348 g/mol. The number of nitrogens with two attached hydrogens (primary N) is 1. The predicted molar refractivity (Wildman–Crippen MR) is 104 cm³/mol. The van der Waals surface area contributed by atoms with Crippen LogP contribution in [0.5, 0.6) is 5.75 Å². The number of hydrogen-bond donors (Lipinski definition) is 1. The smallest absolute Gasteiger partial charge is 0.237 e. The fourth-order valence-corrected chi connectivity index (χ4v) is 4.29. The molecule has 1 aliphatic rings. The molecule has 6 nitrogen and oxygen atoms in total. The van der Waals surface area contributed by atoms with Crippen molar-refractivity contribution in [3.63, 3.8) is 0 Å². The lowest BCUT2D eigenvalue weighted by atomic mass is 10.1. The van der Waals surface area contributed by atoms with Crippen molar-refractivity contribution < 1.29 is 9.53 Å². The van der Waals surface area contributed by atoms with Crippen LogP contribution in [-0.2, 0) is 11.3 Å². The normalized spacial score (nSPS) is 15.5. The Hall–Kier alpha value is -2.54. The molecular formula is C19H22N4O2S. The van der Waals surface area contributed by atoms with E-state index in [2.05, 4.69) is 15.3 Å². The van der Waals surface area contributed by atoms with Crippen LogP contribution < -0.4 is 15.4 Å². The van der Waals surface area contributed by atoms with Crippen molar-refractivity contribution in [2.75, 3.05) is 18.0 Å². The van der Waals surface area contributed by atoms with Gasteiger partial charge >= 0.3 is 0 Å². The highest BCUT2D eigenvalue weighted by atomic mass is 32.1. The van der Waals surface area contributed by atoms with Gasteiger partial charge in [0.05, 0.1) is 11.2 Å². The van der Waals surface area contributed by atoms with Gasteiger partial charge in [0.2, 0.25) is 5.91 Å². The third-order valence-corrected chi connectivity index (χ3v) is 5.73. The first-order valence-electron chi connectivity index (χ1n) is 8.80. The monoisotopic (exact) mass is 370 g/mol. The van der Waals surface area contributed by atoms with Gasteiger partial charge in [0.1, 0.15) is 18.4 Å². The number of carbonyl (C=O) groups excluding carboxylic acids is 1. The first-order valence-corrected chi connectivity index (χ1v) is 9.68. The van der Waals surface area contributed by atoms with Gasteiger partial charge in [0.25, 0.3) is 0 Å². The molecule has 1 saturated heterocycles. The quantitative estimate of drug-likeness (QED) is 0.749. The standard InChI is InChI=1S/C19H22N4O2S/c1-13-12-26-19(21-13)22-8-5-14(6-9-22)25-17-4-2-3-16-15(17)7-10-23(16)11-18(20)24/h2-4,7,10,12,14H,5-6,8-9,11H2,1H3,(H2,20,24). The summed E-state index contributed by atoms with van der Waals surface area (Å²) in [5, 5.41) is 4.22. The average molecular weight is 370 g/mol. The van der Waals surface area contributed by atoms with E-state index in [9.17, 15) is 4.79 Å². The number of aromatic nitrogens is 2. The summed E-state index contributed by atoms with van der Waals surface area (Å²) in [6.45, 7) is 4.12. The number of carbonyl (C=O) groups is 1. The lowest BCUT2D eigenvalue weighted by molar-refractivity contribution is -0.118. The minimum atomic E-state index is -0.349. The molecule has 3 aromatic rings. The number of hydrogen-bond acceptors (Lipinski definition) is 5. The number of rotatable bonds is 5. The van der Waals surface area contributed by atoms with Crippen LogP contribution in [0.1, 0.15) is 18.5 Å². The third-order valence-electron chi connectivity index (χ3n) is 4.71. The van der Waals surface area contributed by atoms with Crippen LogP contribution in [0.4, 0.5) is 5.13 Å². The Kier molecular flexibility index (Phi) is 4.55. The Morgan fingerprint density at radius 3 is 2.85 bits per heavy atom. The Labute approximate surface area is 156 Å². The maximum absolute atomic E-state index is 11.2. The zero-order chi connectivity index (χ0) is 18.1. The molecule has 1 aromatic carbocycles. The first kappa shape index (κ1) is 16.9. The van der Waals surface area contributed by atoms with Crippen molar-refractivity contribution in [3.8, 4) is 5.75 Å². The molecule has 2 aromatic heterocycles. The van der Waals surface area contributed by atoms with Crippen LogP contribution in [0.25, 0.3) is 10.9 Å². The molecule has 0 spiro atoms. The Morgan fingerprint density at radius 2 is 2.15 bits per heavy atom. The minimum Gasteiger partial charge on any atom is -0.490 e. The summed E-state index contributed by atoms with van der Waals surface area (Å²) in [4.78, 5) is 18.1. The molecule has 0 radical (unpaired) electrons. The van der Waals surface area contributed by atoms with Crippen LogP contribution in [0.3, 0.4) is 0 Å². The number of aryl methyl sites for hydroxylation is 1. The number of amides is 1. The summed E-state index contributed by atoms with van der Waals surface area (Å²) in [5.74, 6) is 0.521. The number of benzene rings is 1. The molecule has 0 aliphatic carbocycles. The summed E-state index contributed by atoms with van der Waals surface area (Å²) in [7, 11) is 0. The highest BCUT2D eigenvalue weighted by Crippen LogP contribution is 2.30. The third kappa shape index (κ3) is 3.39. The number of nitrogens with zero attached hydrogens (tertiary/aromatic N) is 3. The number of anilines is 1. The number of fused-ring (bicyclic) bond motifs is 1. The molecule has 0 bridgehead atoms. The molecule has 136 valence electrons. The van der Waals surface area contributed by atoms with E-state index in [1.54, 1.807) is 11.3 Å². The highest BCUT2D eigenvalue weighted by Gasteiger charge is 2.23. The van der Waals surface area contributed by atoms with Gasteiger partial charge in [0.15, 0.2) is 5.13 Å². The zero-order valence-corrected chi connectivity index (χ0v) is 15.5. The van der Waals surface area contributed by atoms with Crippen molar-refractivity contribution in [1.82, 2.24) is 9.55 Å². The topological polar surface area (TPSA) is 73.4 Å². The van der Waals surface area contributed by atoms with Gasteiger partial charge in [-0.3, -0.25) is 4.79 Å². The van der Waals surface area contributed by atoms with Crippen molar-refractivity contribution in [2.45, 2.75) is 32.4 Å². The van der Waals surface area contributed by atoms with Crippen molar-refractivity contribution in [3.05, 3.63) is 41.5 Å². The maximum Gasteiger partial charge on any atom is 0.237 e. The molecule has 26 heavy (non-hydrogen) atoms. The lowest BCUT2D eigenvalue weighted by Gasteiger charge is -2.32. The Morgan fingerprint density at radius 1 is 1.35 bits per heavy atom. The number of primary amides is 1. The molecule has 0 atom stereocenters. The van der Waals surface area contributed by atoms with Crippen molar-refractivity contribution in [1.29, 1.82) is 0 Å². The second-order valence-corrected chi connectivity index (χ2v) is 7.51. The molecule has 4 rings (SSSR count). The van der Waals surface area contributed by atoms with Gasteiger partial charge in [-0.15, -0.1) is 11.3 Å². The van der Waals surface area contributed by atoms with Crippen molar-refractivity contribution >= 4 is 33.3 Å². The van der Waals surface area contributed by atoms with Gasteiger partial charge in [0, 0.05) is 42.9 Å². The molecule has 0 saturated carbocycles. The fourth-order valence-electron chi connectivity index (χ4n) is 3.44. The molecule has 1 amide bonds. The minimum absolute atomic E-state index is 0.179. The van der Waals surface area contributed by atoms with E-state index in [0.717, 1.165) is 53.4 Å². The van der Waals surface area contributed by atoms with Gasteiger partial charge in [-0.05, 0) is 25.1 Å². The number of thiazole rings is 1. The SMILES string of the molecule is Cc1csc(N2CCC(Oc3cccc4c3ccn4CC(N)=O)CC2)n1. The first-order chi connectivity index (χ1) is 12.6. The Balaban J connectivity index is 1.45. The maximum atomic E-state index is 11.2. The number of piperidine rings is 1. The van der Waals surface area contributed by atoms with Crippen LogP contribution in [-0.4, -0.2) is 34.7 Å². The fraction of sp³-hybridized carbons (Fsp3) is 0.368. The molecule has 1 aliphatic heterocycles. The lowest BCUT2D eigenvalue weighted by Crippen LogP contribution is -2.38. The highest BCUT2D eigenvalue weighted by molar-refractivity contribution is 7.13. The van der Waals surface area contributed by atoms with Crippen LogP contribution in [0.2, 0.25) is 0 Å². The average Bonchev–Trinajstić information content (AvgIpc) is 3.23. The molecule has 2 N–H and O–H groups in total. The summed E-state index contributed by atoms with van der Waals surface area (Å²) < 4.78 is 8.16. The van der Waals surface area contributed by atoms with E-state index in [1.807, 2.05) is 42.0 Å². The van der Waals surface area contributed by atoms with Crippen LogP contribution >= 0.6 is 11.3 Å². The van der Waals surface area contributed by atoms with Crippen LogP contribution in [0, 0.1) is 6.92 Å². The predicted octanol–water partition coefficient (Wildman–Crippen LogP) is 2.94. The van der Waals surface area contributed by atoms with Crippen LogP contribution in [0.15, 0.2) is 35.8 Å². The van der Waals surface area contributed by atoms with Crippen molar-refractivity contribution in [2.24, 2.45) is 5.73 Å².